The lowest BCUT2D eigenvalue weighted by atomic mass is 9.65. The van der Waals surface area contributed by atoms with E-state index in [-0.39, 0.29) is 17.3 Å². The molecule has 1 N–H and O–H groups in total. The van der Waals surface area contributed by atoms with Crippen molar-refractivity contribution in [2.45, 2.75) is 44.5 Å². The molecule has 1 spiro atoms. The molecule has 3 aliphatic rings. The van der Waals surface area contributed by atoms with Crippen LogP contribution in [0.3, 0.4) is 0 Å². The first-order valence-corrected chi connectivity index (χ1v) is 6.21. The van der Waals surface area contributed by atoms with Crippen LogP contribution in [0.2, 0.25) is 0 Å². The number of hydrogen-bond acceptors (Lipinski definition) is 3. The smallest absolute Gasteiger partial charge is 0.174 e. The molecule has 2 saturated carbocycles. The van der Waals surface area contributed by atoms with Gasteiger partial charge in [-0.05, 0) is 30.8 Å². The van der Waals surface area contributed by atoms with Crippen molar-refractivity contribution in [2.75, 3.05) is 13.2 Å². The van der Waals surface area contributed by atoms with Gasteiger partial charge >= 0.3 is 0 Å². The second kappa shape index (κ2) is 3.31. The Morgan fingerprint density at radius 1 is 1.38 bits per heavy atom. The van der Waals surface area contributed by atoms with Crippen LogP contribution in [0.15, 0.2) is 12.2 Å². The molecule has 2 aliphatic carbocycles. The molecule has 0 aromatic heterocycles. The Labute approximate surface area is 96.4 Å². The fourth-order valence-electron chi connectivity index (χ4n) is 3.89. The molecule has 3 nitrogen and oxygen atoms in total. The SMILES string of the molecule is C=C1C[C@]2(C)C(CCC23OCCO3)C[C@@H]1O. The van der Waals surface area contributed by atoms with Crippen molar-refractivity contribution in [2.24, 2.45) is 11.3 Å². The summed E-state index contributed by atoms with van der Waals surface area (Å²) in [5.41, 5.74) is 0.957. The largest absolute Gasteiger partial charge is 0.389 e. The maximum atomic E-state index is 9.89. The van der Waals surface area contributed by atoms with Crippen molar-refractivity contribution in [1.82, 2.24) is 0 Å². The predicted molar refractivity (Wildman–Crippen MR) is 59.8 cm³/mol. The number of fused-ring (bicyclic) bond motifs is 2. The summed E-state index contributed by atoms with van der Waals surface area (Å²) in [5, 5.41) is 9.89. The van der Waals surface area contributed by atoms with Gasteiger partial charge in [-0.25, -0.2) is 0 Å². The van der Waals surface area contributed by atoms with Crippen molar-refractivity contribution >= 4 is 0 Å². The zero-order chi connectivity index (χ0) is 11.4. The van der Waals surface area contributed by atoms with Gasteiger partial charge < -0.3 is 14.6 Å². The topological polar surface area (TPSA) is 38.7 Å². The second-order valence-electron chi connectivity index (χ2n) is 5.69. The van der Waals surface area contributed by atoms with Crippen molar-refractivity contribution in [3.8, 4) is 0 Å². The summed E-state index contributed by atoms with van der Waals surface area (Å²) in [6.45, 7) is 7.65. The summed E-state index contributed by atoms with van der Waals surface area (Å²) in [4.78, 5) is 0. The summed E-state index contributed by atoms with van der Waals surface area (Å²) < 4.78 is 11.8. The molecule has 1 unspecified atom stereocenters. The van der Waals surface area contributed by atoms with Crippen LogP contribution in [0, 0.1) is 11.3 Å². The minimum absolute atomic E-state index is 0.0137. The predicted octanol–water partition coefficient (Wildman–Crippen LogP) is 1.86. The Balaban J connectivity index is 1.94. The van der Waals surface area contributed by atoms with E-state index in [9.17, 15) is 5.11 Å². The Morgan fingerprint density at radius 3 is 2.75 bits per heavy atom. The monoisotopic (exact) mass is 224 g/mol. The molecule has 16 heavy (non-hydrogen) atoms. The van der Waals surface area contributed by atoms with E-state index < -0.39 is 0 Å². The maximum Gasteiger partial charge on any atom is 0.174 e. The first-order valence-electron chi connectivity index (χ1n) is 6.21. The van der Waals surface area contributed by atoms with Gasteiger partial charge in [0, 0.05) is 11.8 Å². The number of aliphatic hydroxyl groups excluding tert-OH is 1. The normalized spacial score (nSPS) is 46.2. The van der Waals surface area contributed by atoms with Gasteiger partial charge in [0.25, 0.3) is 0 Å². The van der Waals surface area contributed by atoms with Gasteiger partial charge in [0.2, 0.25) is 0 Å². The highest BCUT2D eigenvalue weighted by Crippen LogP contribution is 2.61. The zero-order valence-corrected chi connectivity index (χ0v) is 9.87. The van der Waals surface area contributed by atoms with Crippen LogP contribution in [0.1, 0.15) is 32.6 Å². The molecule has 0 bridgehead atoms. The highest BCUT2D eigenvalue weighted by molar-refractivity contribution is 5.18. The van der Waals surface area contributed by atoms with E-state index in [0.29, 0.717) is 19.1 Å². The molecule has 1 heterocycles. The molecule has 0 aromatic carbocycles. The molecule has 0 radical (unpaired) electrons. The molecule has 3 fully saturated rings. The van der Waals surface area contributed by atoms with E-state index in [0.717, 1.165) is 31.3 Å². The average molecular weight is 224 g/mol. The van der Waals surface area contributed by atoms with Gasteiger partial charge in [-0.2, -0.15) is 0 Å². The molecule has 3 atom stereocenters. The van der Waals surface area contributed by atoms with Crippen LogP contribution in [-0.4, -0.2) is 30.2 Å². The third-order valence-corrected chi connectivity index (χ3v) is 4.92. The first kappa shape index (κ1) is 10.8. The summed E-state index contributed by atoms with van der Waals surface area (Å²) in [7, 11) is 0. The highest BCUT2D eigenvalue weighted by atomic mass is 16.7. The number of rotatable bonds is 0. The van der Waals surface area contributed by atoms with Crippen LogP contribution in [0.5, 0.6) is 0 Å². The second-order valence-corrected chi connectivity index (χ2v) is 5.69. The van der Waals surface area contributed by atoms with E-state index in [1.54, 1.807) is 0 Å². The summed E-state index contributed by atoms with van der Waals surface area (Å²) in [6.07, 6.45) is 3.40. The van der Waals surface area contributed by atoms with Crippen LogP contribution in [0.4, 0.5) is 0 Å². The van der Waals surface area contributed by atoms with E-state index >= 15 is 0 Å². The van der Waals surface area contributed by atoms with Gasteiger partial charge in [0.1, 0.15) is 0 Å². The van der Waals surface area contributed by atoms with Gasteiger partial charge in [-0.3, -0.25) is 0 Å². The number of hydrogen-bond donors (Lipinski definition) is 1. The Hall–Kier alpha value is -0.380. The van der Waals surface area contributed by atoms with Crippen molar-refractivity contribution in [3.63, 3.8) is 0 Å². The van der Waals surface area contributed by atoms with E-state index in [4.69, 9.17) is 9.47 Å². The fourth-order valence-corrected chi connectivity index (χ4v) is 3.89. The minimum atomic E-state index is -0.388. The number of ether oxygens (including phenoxy) is 2. The Bertz CT molecular complexity index is 319. The number of aliphatic hydroxyl groups is 1. The summed E-state index contributed by atoms with van der Waals surface area (Å²) >= 11 is 0. The maximum absolute atomic E-state index is 9.89. The molecule has 1 aliphatic heterocycles. The molecule has 90 valence electrons. The highest BCUT2D eigenvalue weighted by Gasteiger charge is 2.62. The van der Waals surface area contributed by atoms with Gasteiger partial charge in [-0.15, -0.1) is 0 Å². The van der Waals surface area contributed by atoms with Gasteiger partial charge in [0.15, 0.2) is 5.79 Å². The standard InChI is InChI=1S/C13H20O3/c1-9-8-12(2)10(7-11(9)14)3-4-13(12)15-5-6-16-13/h10-11,14H,1,3-8H2,2H3/t10?,11-,12+/m0/s1. The van der Waals surface area contributed by atoms with E-state index in [1.165, 1.54) is 0 Å². The molecule has 0 amide bonds. The molecule has 0 aromatic rings. The quantitative estimate of drug-likeness (QED) is 0.638. The molecular weight excluding hydrogens is 204 g/mol. The molecular formula is C13H20O3. The summed E-state index contributed by atoms with van der Waals surface area (Å²) in [5.74, 6) is 0.117. The minimum Gasteiger partial charge on any atom is -0.389 e. The molecule has 3 rings (SSSR count). The molecule has 1 saturated heterocycles. The first-order chi connectivity index (χ1) is 7.57. The van der Waals surface area contributed by atoms with Crippen LogP contribution < -0.4 is 0 Å². The zero-order valence-electron chi connectivity index (χ0n) is 9.87. The van der Waals surface area contributed by atoms with Crippen LogP contribution in [0.25, 0.3) is 0 Å². The third kappa shape index (κ3) is 1.19. The van der Waals surface area contributed by atoms with Gasteiger partial charge in [0.05, 0.1) is 19.3 Å². The van der Waals surface area contributed by atoms with Crippen molar-refractivity contribution in [3.05, 3.63) is 12.2 Å². The van der Waals surface area contributed by atoms with Crippen molar-refractivity contribution < 1.29 is 14.6 Å². The Kier molecular flexibility index (Phi) is 2.23. The van der Waals surface area contributed by atoms with Crippen LogP contribution >= 0.6 is 0 Å². The lowest BCUT2D eigenvalue weighted by Crippen LogP contribution is -2.49. The third-order valence-electron chi connectivity index (χ3n) is 4.92. The van der Waals surface area contributed by atoms with E-state index in [2.05, 4.69) is 13.5 Å². The van der Waals surface area contributed by atoms with Crippen LogP contribution in [-0.2, 0) is 9.47 Å². The molecule has 3 heteroatoms. The average Bonchev–Trinajstić information content (AvgIpc) is 2.80. The van der Waals surface area contributed by atoms with Crippen molar-refractivity contribution in [1.29, 1.82) is 0 Å². The fraction of sp³-hybridized carbons (Fsp3) is 0.846. The summed E-state index contributed by atoms with van der Waals surface area (Å²) in [6, 6.07) is 0. The lowest BCUT2D eigenvalue weighted by molar-refractivity contribution is -0.229. The lowest BCUT2D eigenvalue weighted by Gasteiger charge is -2.47. The van der Waals surface area contributed by atoms with E-state index in [1.807, 2.05) is 0 Å². The Morgan fingerprint density at radius 2 is 2.06 bits per heavy atom. The van der Waals surface area contributed by atoms with Gasteiger partial charge in [-0.1, -0.05) is 13.5 Å².